The number of nitrogens with zero attached hydrogens (tertiary/aromatic N) is 4. The van der Waals surface area contributed by atoms with Gasteiger partial charge in [0.05, 0.1) is 17.1 Å². The summed E-state index contributed by atoms with van der Waals surface area (Å²) in [5, 5.41) is 6.96. The van der Waals surface area contributed by atoms with Gasteiger partial charge in [0.1, 0.15) is 5.82 Å². The molecule has 5 aromatic rings. The average Bonchev–Trinajstić information content (AvgIpc) is 3.18. The summed E-state index contributed by atoms with van der Waals surface area (Å²) in [7, 11) is 0. The molecule has 2 aromatic heterocycles. The van der Waals surface area contributed by atoms with Crippen molar-refractivity contribution in [2.75, 3.05) is 0 Å². The minimum absolute atomic E-state index is 0.170. The third-order valence-corrected chi connectivity index (χ3v) is 6.49. The van der Waals surface area contributed by atoms with Gasteiger partial charge < -0.3 is 4.57 Å². The third-order valence-electron chi connectivity index (χ3n) is 5.75. The van der Waals surface area contributed by atoms with E-state index in [9.17, 15) is 4.79 Å². The molecule has 7 heteroatoms. The summed E-state index contributed by atoms with van der Waals surface area (Å²) >= 11 is 9.50. The minimum Gasteiger partial charge on any atom is -0.342 e. The van der Waals surface area contributed by atoms with E-state index >= 15 is 0 Å². The first-order valence-corrected chi connectivity index (χ1v) is 12.3. The van der Waals surface area contributed by atoms with Crippen LogP contribution in [0, 0.1) is 0 Å². The number of aromatic nitrogens is 3. The van der Waals surface area contributed by atoms with Crippen LogP contribution in [0.3, 0.4) is 0 Å². The highest BCUT2D eigenvalue weighted by molar-refractivity contribution is 9.10. The predicted molar refractivity (Wildman–Crippen MR) is 143 cm³/mol. The largest absolute Gasteiger partial charge is 0.342 e. The van der Waals surface area contributed by atoms with Crippen LogP contribution < -0.4 is 5.56 Å². The Balaban J connectivity index is 1.59. The van der Waals surface area contributed by atoms with Gasteiger partial charge in [-0.2, -0.15) is 9.78 Å². The molecule has 0 aliphatic heterocycles. The van der Waals surface area contributed by atoms with Crippen LogP contribution in [0.2, 0.25) is 5.02 Å². The van der Waals surface area contributed by atoms with E-state index in [1.165, 1.54) is 4.68 Å². The molecule has 0 aliphatic rings. The Morgan fingerprint density at radius 1 is 1.06 bits per heavy atom. The second-order valence-corrected chi connectivity index (χ2v) is 9.51. The fraction of sp³-hybridized carbons (Fsp3) is 0.148. The lowest BCUT2D eigenvalue weighted by molar-refractivity contribution is 0.704. The fourth-order valence-corrected chi connectivity index (χ4v) is 4.60. The standard InChI is InChI=1S/C27H22BrClN4O/c1-2-5-26-31-24-13-10-20(28)14-23(24)27(34)33(26)30-15-19-17-32(25-7-4-3-6-22(19)25)16-18-8-11-21(29)12-9-18/h3-4,6-15,17H,2,5,16H2,1H3. The zero-order chi connectivity index (χ0) is 23.7. The number of benzene rings is 3. The van der Waals surface area contributed by atoms with E-state index in [4.69, 9.17) is 16.6 Å². The van der Waals surface area contributed by atoms with Crippen molar-refractivity contribution < 1.29 is 0 Å². The molecule has 2 heterocycles. The van der Waals surface area contributed by atoms with Crippen molar-refractivity contribution in [3.63, 3.8) is 0 Å². The van der Waals surface area contributed by atoms with Crippen LogP contribution in [0.4, 0.5) is 0 Å². The van der Waals surface area contributed by atoms with Crippen molar-refractivity contribution in [1.82, 2.24) is 14.2 Å². The molecular formula is C27H22BrClN4O. The highest BCUT2D eigenvalue weighted by Gasteiger charge is 2.12. The van der Waals surface area contributed by atoms with Gasteiger partial charge in [-0.3, -0.25) is 4.79 Å². The maximum absolute atomic E-state index is 13.3. The van der Waals surface area contributed by atoms with E-state index in [2.05, 4.69) is 50.9 Å². The molecule has 34 heavy (non-hydrogen) atoms. The van der Waals surface area contributed by atoms with Gasteiger partial charge in [-0.15, -0.1) is 0 Å². The zero-order valence-corrected chi connectivity index (χ0v) is 20.9. The highest BCUT2D eigenvalue weighted by Crippen LogP contribution is 2.22. The maximum Gasteiger partial charge on any atom is 0.282 e. The second kappa shape index (κ2) is 9.57. The molecular weight excluding hydrogens is 512 g/mol. The lowest BCUT2D eigenvalue weighted by Gasteiger charge is -2.08. The summed E-state index contributed by atoms with van der Waals surface area (Å²) < 4.78 is 4.46. The van der Waals surface area contributed by atoms with Gasteiger partial charge in [0.15, 0.2) is 0 Å². The lowest BCUT2D eigenvalue weighted by Crippen LogP contribution is -2.22. The molecule has 0 spiro atoms. The molecule has 0 fully saturated rings. The molecule has 5 rings (SSSR count). The monoisotopic (exact) mass is 532 g/mol. The van der Waals surface area contributed by atoms with Crippen molar-refractivity contribution in [2.24, 2.45) is 5.10 Å². The van der Waals surface area contributed by atoms with Crippen LogP contribution in [-0.2, 0) is 13.0 Å². The SMILES string of the molecule is CCCc1nc2ccc(Br)cc2c(=O)n1N=Cc1cn(Cc2ccc(Cl)cc2)c2ccccc12. The smallest absolute Gasteiger partial charge is 0.282 e. The van der Waals surface area contributed by atoms with Crippen molar-refractivity contribution in [1.29, 1.82) is 0 Å². The number of hydrogen-bond acceptors (Lipinski definition) is 3. The van der Waals surface area contributed by atoms with Crippen molar-refractivity contribution >= 4 is 55.6 Å². The first-order valence-electron chi connectivity index (χ1n) is 11.1. The van der Waals surface area contributed by atoms with Crippen molar-refractivity contribution in [2.45, 2.75) is 26.3 Å². The number of rotatable bonds is 6. The normalized spacial score (nSPS) is 11.7. The highest BCUT2D eigenvalue weighted by atomic mass is 79.9. The summed E-state index contributed by atoms with van der Waals surface area (Å²) in [5.74, 6) is 0.656. The van der Waals surface area contributed by atoms with Gasteiger partial charge in [0.25, 0.3) is 5.56 Å². The van der Waals surface area contributed by atoms with Crippen molar-refractivity contribution in [3.05, 3.63) is 110 Å². The van der Waals surface area contributed by atoms with Crippen LogP contribution in [-0.4, -0.2) is 20.4 Å². The first kappa shape index (κ1) is 22.6. The quantitative estimate of drug-likeness (QED) is 0.229. The van der Waals surface area contributed by atoms with Gasteiger partial charge in [-0.05, 0) is 48.4 Å². The molecule has 0 saturated heterocycles. The number of aryl methyl sites for hydroxylation is 1. The molecule has 0 radical (unpaired) electrons. The molecule has 0 saturated carbocycles. The molecule has 0 amide bonds. The Morgan fingerprint density at radius 2 is 1.85 bits per heavy atom. The van der Waals surface area contributed by atoms with Gasteiger partial charge in [0.2, 0.25) is 0 Å². The Bertz CT molecular complexity index is 1580. The van der Waals surface area contributed by atoms with Crippen molar-refractivity contribution in [3.8, 4) is 0 Å². The summed E-state index contributed by atoms with van der Waals surface area (Å²) in [6.07, 6.45) is 5.35. The Morgan fingerprint density at radius 3 is 2.65 bits per heavy atom. The molecule has 0 N–H and O–H groups in total. The first-order chi connectivity index (χ1) is 16.5. The molecule has 0 atom stereocenters. The van der Waals surface area contributed by atoms with Crippen LogP contribution in [0.25, 0.3) is 21.8 Å². The van der Waals surface area contributed by atoms with Gasteiger partial charge in [0, 0.05) is 45.1 Å². The van der Waals surface area contributed by atoms with Crippen LogP contribution in [0.15, 0.2) is 87.3 Å². The van der Waals surface area contributed by atoms with Crippen LogP contribution in [0.1, 0.15) is 30.3 Å². The maximum atomic E-state index is 13.3. The topological polar surface area (TPSA) is 52.2 Å². The second-order valence-electron chi connectivity index (χ2n) is 8.16. The number of fused-ring (bicyclic) bond motifs is 2. The van der Waals surface area contributed by atoms with Gasteiger partial charge >= 0.3 is 0 Å². The van der Waals surface area contributed by atoms with E-state index in [1.807, 2.05) is 48.5 Å². The Kier molecular flexibility index (Phi) is 6.35. The van der Waals surface area contributed by atoms with Crippen LogP contribution in [0.5, 0.6) is 0 Å². The number of para-hydroxylation sites is 1. The van der Waals surface area contributed by atoms with E-state index in [1.54, 1.807) is 12.3 Å². The average molecular weight is 534 g/mol. The van der Waals surface area contributed by atoms with E-state index < -0.39 is 0 Å². The molecule has 0 aliphatic carbocycles. The Labute approximate surface area is 210 Å². The number of halogens is 2. The summed E-state index contributed by atoms with van der Waals surface area (Å²) in [5.41, 5.74) is 3.70. The fourth-order valence-electron chi connectivity index (χ4n) is 4.11. The van der Waals surface area contributed by atoms with E-state index in [0.29, 0.717) is 29.7 Å². The summed E-state index contributed by atoms with van der Waals surface area (Å²) in [4.78, 5) is 18.0. The Hall–Kier alpha value is -3.22. The molecule has 0 bridgehead atoms. The summed E-state index contributed by atoms with van der Waals surface area (Å²) in [6, 6.07) is 21.6. The zero-order valence-electron chi connectivity index (χ0n) is 18.6. The molecule has 0 unspecified atom stereocenters. The predicted octanol–water partition coefficient (Wildman–Crippen LogP) is 6.65. The van der Waals surface area contributed by atoms with Crippen LogP contribution >= 0.6 is 27.5 Å². The lowest BCUT2D eigenvalue weighted by atomic mass is 10.2. The van der Waals surface area contributed by atoms with Gasteiger partial charge in [-0.1, -0.05) is 64.8 Å². The van der Waals surface area contributed by atoms with Gasteiger partial charge in [-0.25, -0.2) is 4.98 Å². The molecule has 3 aromatic carbocycles. The molecule has 5 nitrogen and oxygen atoms in total. The summed E-state index contributed by atoms with van der Waals surface area (Å²) in [6.45, 7) is 2.77. The number of hydrogen-bond donors (Lipinski definition) is 0. The van der Waals surface area contributed by atoms with E-state index in [0.717, 1.165) is 37.9 Å². The van der Waals surface area contributed by atoms with E-state index in [-0.39, 0.29) is 5.56 Å². The minimum atomic E-state index is -0.170. The molecule has 170 valence electrons. The third kappa shape index (κ3) is 4.43.